The van der Waals surface area contributed by atoms with Crippen molar-refractivity contribution in [3.63, 3.8) is 0 Å². The van der Waals surface area contributed by atoms with Crippen molar-refractivity contribution in [1.82, 2.24) is 4.57 Å². The molecule has 0 unspecified atom stereocenters. The van der Waals surface area contributed by atoms with Crippen molar-refractivity contribution in [2.75, 3.05) is 13.3 Å². The molecule has 0 saturated heterocycles. The minimum atomic E-state index is -0.0622. The van der Waals surface area contributed by atoms with Crippen molar-refractivity contribution in [2.45, 2.75) is 6.54 Å². The number of benzene rings is 1. The van der Waals surface area contributed by atoms with Crippen LogP contribution in [0.4, 0.5) is 0 Å². The maximum absolute atomic E-state index is 11.7. The molecule has 2 aromatic rings. The van der Waals surface area contributed by atoms with E-state index in [1.54, 1.807) is 22.8 Å². The molecule has 0 aliphatic rings. The van der Waals surface area contributed by atoms with E-state index in [1.165, 1.54) is 0 Å². The van der Waals surface area contributed by atoms with Crippen molar-refractivity contribution < 1.29 is 4.74 Å². The Bertz CT molecular complexity index is 577. The van der Waals surface area contributed by atoms with E-state index in [0.29, 0.717) is 18.8 Å². The van der Waals surface area contributed by atoms with E-state index >= 15 is 0 Å². The molecule has 0 atom stereocenters. The Balaban J connectivity index is 2.62. The molecule has 0 radical (unpaired) electrons. The topological polar surface area (TPSA) is 83.3 Å². The van der Waals surface area contributed by atoms with E-state index in [2.05, 4.69) is 0 Å². The number of hydrogen-bond donors (Lipinski definition) is 2. The molecule has 0 saturated carbocycles. The van der Waals surface area contributed by atoms with Crippen LogP contribution in [0.15, 0.2) is 35.1 Å². The lowest BCUT2D eigenvalue weighted by atomic mass is 10.2. The first kappa shape index (κ1) is 11.6. The highest BCUT2D eigenvalue weighted by atomic mass is 16.5. The van der Waals surface area contributed by atoms with Gasteiger partial charge in [-0.3, -0.25) is 10.5 Å². The Morgan fingerprint density at radius 1 is 1.18 bits per heavy atom. The zero-order valence-corrected chi connectivity index (χ0v) is 9.43. The molecular weight excluding hydrogens is 218 g/mol. The molecule has 5 heteroatoms. The fourth-order valence-electron chi connectivity index (χ4n) is 1.81. The summed E-state index contributed by atoms with van der Waals surface area (Å²) in [7, 11) is 0. The molecule has 1 aromatic carbocycles. The van der Waals surface area contributed by atoms with Gasteiger partial charge in [-0.15, -0.1) is 0 Å². The van der Waals surface area contributed by atoms with Crippen molar-refractivity contribution in [3.8, 4) is 5.75 Å². The minimum absolute atomic E-state index is 0.0622. The summed E-state index contributed by atoms with van der Waals surface area (Å²) < 4.78 is 6.86. The summed E-state index contributed by atoms with van der Waals surface area (Å²) in [5, 5.41) is 0.974. The van der Waals surface area contributed by atoms with Crippen molar-refractivity contribution in [3.05, 3.63) is 40.7 Å². The molecule has 0 bridgehead atoms. The lowest BCUT2D eigenvalue weighted by molar-refractivity contribution is 0.330. The highest BCUT2D eigenvalue weighted by Crippen LogP contribution is 2.19. The van der Waals surface area contributed by atoms with Gasteiger partial charge < -0.3 is 15.0 Å². The third-order valence-corrected chi connectivity index (χ3v) is 2.57. The van der Waals surface area contributed by atoms with Crippen molar-refractivity contribution in [1.29, 1.82) is 0 Å². The second kappa shape index (κ2) is 4.99. The Hall–Kier alpha value is -1.85. The standard InChI is InChI=1S/C12H15N3O2/c13-5-6-15-11-7-10(17-8-14)3-1-9(11)2-4-12(15)16/h1-4,7H,5-6,8,13-14H2. The van der Waals surface area contributed by atoms with Crippen LogP contribution >= 0.6 is 0 Å². The predicted molar refractivity (Wildman–Crippen MR) is 66.9 cm³/mol. The maximum Gasteiger partial charge on any atom is 0.251 e. The number of ether oxygens (including phenoxy) is 1. The molecule has 17 heavy (non-hydrogen) atoms. The number of nitrogens with zero attached hydrogens (tertiary/aromatic N) is 1. The van der Waals surface area contributed by atoms with Crippen LogP contribution in [0.2, 0.25) is 0 Å². The zero-order valence-electron chi connectivity index (χ0n) is 9.43. The minimum Gasteiger partial charge on any atom is -0.479 e. The zero-order chi connectivity index (χ0) is 12.3. The van der Waals surface area contributed by atoms with Gasteiger partial charge in [-0.2, -0.15) is 0 Å². The molecule has 0 aliphatic carbocycles. The molecule has 0 spiro atoms. The van der Waals surface area contributed by atoms with E-state index < -0.39 is 0 Å². The Morgan fingerprint density at radius 3 is 2.65 bits per heavy atom. The lowest BCUT2D eigenvalue weighted by Crippen LogP contribution is -2.23. The molecule has 1 aromatic heterocycles. The molecule has 0 fully saturated rings. The molecule has 5 nitrogen and oxygen atoms in total. The normalized spacial score (nSPS) is 10.7. The smallest absolute Gasteiger partial charge is 0.251 e. The summed E-state index contributed by atoms with van der Waals surface area (Å²) >= 11 is 0. The van der Waals surface area contributed by atoms with Crippen LogP contribution in [0.3, 0.4) is 0 Å². The van der Waals surface area contributed by atoms with Crippen LogP contribution in [0.1, 0.15) is 0 Å². The molecule has 90 valence electrons. The van der Waals surface area contributed by atoms with Gasteiger partial charge in [0.1, 0.15) is 12.5 Å². The van der Waals surface area contributed by atoms with E-state index in [9.17, 15) is 4.79 Å². The average Bonchev–Trinajstić information content (AvgIpc) is 2.33. The molecule has 0 aliphatic heterocycles. The van der Waals surface area contributed by atoms with Crippen LogP contribution in [-0.2, 0) is 6.54 Å². The van der Waals surface area contributed by atoms with Gasteiger partial charge in [0.15, 0.2) is 0 Å². The molecule has 0 amide bonds. The van der Waals surface area contributed by atoms with Crippen LogP contribution < -0.4 is 21.8 Å². The van der Waals surface area contributed by atoms with Gasteiger partial charge in [0, 0.05) is 25.2 Å². The molecule has 4 N–H and O–H groups in total. The summed E-state index contributed by atoms with van der Waals surface area (Å²) in [6, 6.07) is 8.86. The number of hydrogen-bond acceptors (Lipinski definition) is 4. The van der Waals surface area contributed by atoms with Crippen molar-refractivity contribution in [2.24, 2.45) is 11.5 Å². The molecule has 1 heterocycles. The summed E-state index contributed by atoms with van der Waals surface area (Å²) in [4.78, 5) is 11.7. The fourth-order valence-corrected chi connectivity index (χ4v) is 1.81. The van der Waals surface area contributed by atoms with Crippen LogP contribution in [0.5, 0.6) is 5.75 Å². The van der Waals surface area contributed by atoms with Gasteiger partial charge in [0.2, 0.25) is 0 Å². The first-order chi connectivity index (χ1) is 8.26. The number of nitrogens with two attached hydrogens (primary N) is 2. The van der Waals surface area contributed by atoms with Crippen molar-refractivity contribution >= 4 is 10.9 Å². The molecule has 2 rings (SSSR count). The summed E-state index contributed by atoms with van der Waals surface area (Å²) in [6.45, 7) is 1.02. The van der Waals surface area contributed by atoms with Crippen LogP contribution in [0.25, 0.3) is 10.9 Å². The van der Waals surface area contributed by atoms with E-state index in [0.717, 1.165) is 10.9 Å². The number of pyridine rings is 1. The quantitative estimate of drug-likeness (QED) is 0.742. The number of rotatable bonds is 4. The predicted octanol–water partition coefficient (Wildman–Crippen LogP) is 0.255. The average molecular weight is 233 g/mol. The largest absolute Gasteiger partial charge is 0.479 e. The third kappa shape index (κ3) is 2.30. The number of aromatic nitrogens is 1. The fraction of sp³-hybridized carbons (Fsp3) is 0.250. The first-order valence-electron chi connectivity index (χ1n) is 5.43. The Kier molecular flexibility index (Phi) is 3.41. The molecular formula is C12H15N3O2. The van der Waals surface area contributed by atoms with Crippen LogP contribution in [0, 0.1) is 0 Å². The van der Waals surface area contributed by atoms with Gasteiger partial charge in [-0.05, 0) is 23.6 Å². The van der Waals surface area contributed by atoms with E-state index in [-0.39, 0.29) is 12.3 Å². The summed E-state index contributed by atoms with van der Waals surface area (Å²) in [5.74, 6) is 0.649. The maximum atomic E-state index is 11.7. The van der Waals surface area contributed by atoms with Gasteiger partial charge in [-0.25, -0.2) is 0 Å². The van der Waals surface area contributed by atoms with E-state index in [4.69, 9.17) is 16.2 Å². The second-order valence-corrected chi connectivity index (χ2v) is 3.64. The van der Waals surface area contributed by atoms with Crippen LogP contribution in [-0.4, -0.2) is 17.8 Å². The van der Waals surface area contributed by atoms with Gasteiger partial charge in [-0.1, -0.05) is 0 Å². The monoisotopic (exact) mass is 233 g/mol. The Morgan fingerprint density at radius 2 is 1.94 bits per heavy atom. The summed E-state index contributed by atoms with van der Waals surface area (Å²) in [5.41, 5.74) is 11.6. The van der Waals surface area contributed by atoms with Gasteiger partial charge in [0.25, 0.3) is 5.56 Å². The SMILES string of the molecule is NCCn1c(=O)ccc2ccc(OCN)cc21. The van der Waals surface area contributed by atoms with Gasteiger partial charge in [0.05, 0.1) is 5.52 Å². The Labute approximate surface area is 98.6 Å². The first-order valence-corrected chi connectivity index (χ1v) is 5.43. The van der Waals surface area contributed by atoms with E-state index in [1.807, 2.05) is 12.1 Å². The second-order valence-electron chi connectivity index (χ2n) is 3.64. The third-order valence-electron chi connectivity index (χ3n) is 2.57. The summed E-state index contributed by atoms with van der Waals surface area (Å²) in [6.07, 6.45) is 0. The highest BCUT2D eigenvalue weighted by molar-refractivity contribution is 5.80. The highest BCUT2D eigenvalue weighted by Gasteiger charge is 2.03. The number of fused-ring (bicyclic) bond motifs is 1. The van der Waals surface area contributed by atoms with Gasteiger partial charge >= 0.3 is 0 Å². The lowest BCUT2D eigenvalue weighted by Gasteiger charge is -2.10.